The largest absolute Gasteiger partial charge is 0.271 e. The molecule has 0 spiro atoms. The number of hydrogen-bond donors (Lipinski definition) is 1. The quantitative estimate of drug-likeness (QED) is 0.675. The van der Waals surface area contributed by atoms with Crippen LogP contribution in [0.2, 0.25) is 5.02 Å². The molecule has 0 saturated carbocycles. The van der Waals surface area contributed by atoms with E-state index in [9.17, 15) is 4.79 Å². The summed E-state index contributed by atoms with van der Waals surface area (Å²) >= 11 is 5.82. The summed E-state index contributed by atoms with van der Waals surface area (Å²) in [7, 11) is 0. The highest BCUT2D eigenvalue weighted by molar-refractivity contribution is 6.30. The maximum atomic E-state index is 11.8. The third-order valence-electron chi connectivity index (χ3n) is 2.54. The highest BCUT2D eigenvalue weighted by Crippen LogP contribution is 2.10. The van der Waals surface area contributed by atoms with Crippen molar-refractivity contribution in [3.8, 4) is 0 Å². The smallest absolute Gasteiger partial charge is 0.267 e. The van der Waals surface area contributed by atoms with Crippen molar-refractivity contribution >= 4 is 23.7 Å². The molecule has 0 atom stereocenters. The molecule has 19 heavy (non-hydrogen) atoms. The Kier molecular flexibility index (Phi) is 4.31. The lowest BCUT2D eigenvalue weighted by Crippen LogP contribution is -2.17. The molecule has 0 radical (unpaired) electrons. The molecular weight excluding hydrogens is 260 g/mol. The van der Waals surface area contributed by atoms with Gasteiger partial charge in [0.25, 0.3) is 5.91 Å². The zero-order valence-electron chi connectivity index (χ0n) is 10.4. The van der Waals surface area contributed by atoms with Crippen LogP contribution >= 0.6 is 11.6 Å². The molecule has 0 fully saturated rings. The summed E-state index contributed by atoms with van der Waals surface area (Å²) in [6, 6.07) is 14.6. The minimum absolute atomic E-state index is 0.286. The number of nitrogens with zero attached hydrogens (tertiary/aromatic N) is 1. The van der Waals surface area contributed by atoms with E-state index < -0.39 is 0 Å². The Morgan fingerprint density at radius 1 is 1.21 bits per heavy atom. The fraction of sp³-hybridized carbons (Fsp3) is 0.0667. The normalized spacial score (nSPS) is 10.6. The maximum Gasteiger partial charge on any atom is 0.271 e. The van der Waals surface area contributed by atoms with Gasteiger partial charge in [0, 0.05) is 10.6 Å². The van der Waals surface area contributed by atoms with E-state index in [-0.39, 0.29) is 5.91 Å². The lowest BCUT2D eigenvalue weighted by Gasteiger charge is -2.00. The molecule has 3 nitrogen and oxygen atoms in total. The minimum Gasteiger partial charge on any atom is -0.267 e. The van der Waals surface area contributed by atoms with Gasteiger partial charge in [-0.15, -0.1) is 0 Å². The van der Waals surface area contributed by atoms with Gasteiger partial charge in [0.05, 0.1) is 6.21 Å². The molecule has 0 unspecified atom stereocenters. The Hall–Kier alpha value is -2.13. The first kappa shape index (κ1) is 13.3. The van der Waals surface area contributed by atoms with Gasteiger partial charge in [-0.3, -0.25) is 4.79 Å². The van der Waals surface area contributed by atoms with Gasteiger partial charge in [0.2, 0.25) is 0 Å². The molecule has 1 amide bonds. The van der Waals surface area contributed by atoms with Crippen molar-refractivity contribution in [2.45, 2.75) is 6.92 Å². The highest BCUT2D eigenvalue weighted by atomic mass is 35.5. The van der Waals surface area contributed by atoms with E-state index in [1.165, 1.54) is 5.56 Å². The van der Waals surface area contributed by atoms with Crippen molar-refractivity contribution in [3.63, 3.8) is 0 Å². The maximum absolute atomic E-state index is 11.8. The number of amides is 1. The zero-order chi connectivity index (χ0) is 13.7. The minimum atomic E-state index is -0.286. The Morgan fingerprint density at radius 3 is 2.63 bits per heavy atom. The summed E-state index contributed by atoms with van der Waals surface area (Å²) in [5.74, 6) is -0.286. The van der Waals surface area contributed by atoms with Crippen molar-refractivity contribution in [2.75, 3.05) is 0 Å². The van der Waals surface area contributed by atoms with Crippen LogP contribution in [-0.4, -0.2) is 12.1 Å². The summed E-state index contributed by atoms with van der Waals surface area (Å²) in [5.41, 5.74) is 5.05. The van der Waals surface area contributed by atoms with Crippen molar-refractivity contribution < 1.29 is 4.79 Å². The first-order valence-electron chi connectivity index (χ1n) is 5.81. The molecule has 4 heteroatoms. The molecule has 2 rings (SSSR count). The number of benzene rings is 2. The zero-order valence-corrected chi connectivity index (χ0v) is 11.2. The number of carbonyl (C=O) groups excluding carboxylic acids is 1. The van der Waals surface area contributed by atoms with E-state index in [0.29, 0.717) is 10.6 Å². The van der Waals surface area contributed by atoms with E-state index in [1.54, 1.807) is 30.5 Å². The van der Waals surface area contributed by atoms with E-state index in [4.69, 9.17) is 11.6 Å². The SMILES string of the molecule is Cc1ccc(C=NNC(=O)c2cccc(Cl)c2)cc1. The Labute approximate surface area is 116 Å². The van der Waals surface area contributed by atoms with Crippen LogP contribution in [-0.2, 0) is 0 Å². The van der Waals surface area contributed by atoms with E-state index in [2.05, 4.69) is 10.5 Å². The number of nitrogens with one attached hydrogen (secondary N) is 1. The topological polar surface area (TPSA) is 41.5 Å². The van der Waals surface area contributed by atoms with Crippen LogP contribution in [0.25, 0.3) is 0 Å². The molecular formula is C15H13ClN2O. The fourth-order valence-corrected chi connectivity index (χ4v) is 1.70. The predicted octanol–water partition coefficient (Wildman–Crippen LogP) is 3.41. The van der Waals surface area contributed by atoms with Crippen molar-refractivity contribution in [1.29, 1.82) is 0 Å². The van der Waals surface area contributed by atoms with Crippen LogP contribution in [0.4, 0.5) is 0 Å². The molecule has 0 aliphatic carbocycles. The molecule has 0 saturated heterocycles. The Morgan fingerprint density at radius 2 is 1.95 bits per heavy atom. The highest BCUT2D eigenvalue weighted by Gasteiger charge is 2.03. The van der Waals surface area contributed by atoms with Crippen molar-refractivity contribution in [1.82, 2.24) is 5.43 Å². The summed E-state index contributed by atoms with van der Waals surface area (Å²) in [6.45, 7) is 2.02. The first-order valence-corrected chi connectivity index (χ1v) is 6.18. The van der Waals surface area contributed by atoms with E-state index in [1.807, 2.05) is 31.2 Å². The third kappa shape index (κ3) is 3.93. The van der Waals surface area contributed by atoms with Crippen LogP contribution < -0.4 is 5.43 Å². The Bertz CT molecular complexity index is 606. The average molecular weight is 273 g/mol. The number of carbonyl (C=O) groups is 1. The predicted molar refractivity (Wildman–Crippen MR) is 77.7 cm³/mol. The van der Waals surface area contributed by atoms with Gasteiger partial charge in [-0.25, -0.2) is 5.43 Å². The molecule has 0 bridgehead atoms. The standard InChI is InChI=1S/C15H13ClN2O/c1-11-5-7-12(8-6-11)10-17-18-15(19)13-3-2-4-14(16)9-13/h2-10H,1H3,(H,18,19). The van der Waals surface area contributed by atoms with Gasteiger partial charge in [-0.05, 0) is 30.7 Å². The molecule has 0 aliphatic heterocycles. The second kappa shape index (κ2) is 6.16. The van der Waals surface area contributed by atoms with Crippen molar-refractivity contribution in [2.24, 2.45) is 5.10 Å². The lowest BCUT2D eigenvalue weighted by atomic mass is 10.2. The van der Waals surface area contributed by atoms with E-state index >= 15 is 0 Å². The first-order chi connectivity index (χ1) is 9.15. The van der Waals surface area contributed by atoms with Crippen LogP contribution in [0.5, 0.6) is 0 Å². The molecule has 0 aliphatic rings. The van der Waals surface area contributed by atoms with Crippen LogP contribution in [0.15, 0.2) is 53.6 Å². The van der Waals surface area contributed by atoms with Crippen molar-refractivity contribution in [3.05, 3.63) is 70.2 Å². The van der Waals surface area contributed by atoms with Gasteiger partial charge in [-0.2, -0.15) is 5.10 Å². The molecule has 2 aromatic rings. The number of aryl methyl sites for hydroxylation is 1. The fourth-order valence-electron chi connectivity index (χ4n) is 1.51. The van der Waals surface area contributed by atoms with Gasteiger partial charge >= 0.3 is 0 Å². The average Bonchev–Trinajstić information content (AvgIpc) is 2.41. The molecule has 2 aromatic carbocycles. The molecule has 0 aromatic heterocycles. The summed E-state index contributed by atoms with van der Waals surface area (Å²) in [6.07, 6.45) is 1.60. The molecule has 96 valence electrons. The Balaban J connectivity index is 1.98. The van der Waals surface area contributed by atoms with Gasteiger partial charge in [0.1, 0.15) is 0 Å². The summed E-state index contributed by atoms with van der Waals surface area (Å²) in [4.78, 5) is 11.8. The van der Waals surface area contributed by atoms with Crippen LogP contribution in [0.3, 0.4) is 0 Å². The number of hydrogen-bond acceptors (Lipinski definition) is 2. The second-order valence-corrected chi connectivity index (χ2v) is 4.56. The number of hydrazone groups is 1. The number of halogens is 1. The molecule has 0 heterocycles. The van der Waals surface area contributed by atoms with Crippen LogP contribution in [0.1, 0.15) is 21.5 Å². The monoisotopic (exact) mass is 272 g/mol. The molecule has 1 N–H and O–H groups in total. The third-order valence-corrected chi connectivity index (χ3v) is 2.78. The summed E-state index contributed by atoms with van der Waals surface area (Å²) in [5, 5.41) is 4.43. The van der Waals surface area contributed by atoms with E-state index in [0.717, 1.165) is 5.56 Å². The lowest BCUT2D eigenvalue weighted by molar-refractivity contribution is 0.0955. The van der Waals surface area contributed by atoms with Crippen LogP contribution in [0, 0.1) is 6.92 Å². The summed E-state index contributed by atoms with van der Waals surface area (Å²) < 4.78 is 0. The van der Waals surface area contributed by atoms with Gasteiger partial charge in [-0.1, -0.05) is 47.5 Å². The second-order valence-electron chi connectivity index (χ2n) is 4.12. The number of rotatable bonds is 3. The van der Waals surface area contributed by atoms with Gasteiger partial charge in [0.15, 0.2) is 0 Å². The van der Waals surface area contributed by atoms with Gasteiger partial charge < -0.3 is 0 Å².